The van der Waals surface area contributed by atoms with Crippen LogP contribution in [-0.2, 0) is 13.0 Å². The molecule has 3 N–H and O–H groups in total. The van der Waals surface area contributed by atoms with E-state index >= 15 is 0 Å². The number of aryl methyl sites for hydroxylation is 3. The average Bonchev–Trinajstić information content (AvgIpc) is 3.53. The molecule has 0 atom stereocenters. The molecule has 0 aliphatic rings. The van der Waals surface area contributed by atoms with E-state index < -0.39 is 5.82 Å². The zero-order valence-corrected chi connectivity index (χ0v) is 21.4. The Hall–Kier alpha value is -5.38. The van der Waals surface area contributed by atoms with Crippen LogP contribution in [-0.4, -0.2) is 29.9 Å². The van der Waals surface area contributed by atoms with Gasteiger partial charge in [0.2, 0.25) is 5.43 Å². The van der Waals surface area contributed by atoms with Crippen molar-refractivity contribution >= 4 is 38.7 Å². The number of halogens is 1. The Morgan fingerprint density at radius 1 is 1.00 bits per heavy atom. The Balaban J connectivity index is 1.35. The molecule has 0 bridgehead atoms. The Bertz CT molecular complexity index is 2140. The van der Waals surface area contributed by atoms with Crippen LogP contribution in [0.25, 0.3) is 55.3 Å². The second-order valence-corrected chi connectivity index (χ2v) is 9.58. The highest BCUT2D eigenvalue weighted by Gasteiger charge is 2.21. The van der Waals surface area contributed by atoms with Gasteiger partial charge < -0.3 is 10.2 Å². The first kappa shape index (κ1) is 23.7. The monoisotopic (exact) mass is 531 g/mol. The summed E-state index contributed by atoms with van der Waals surface area (Å²) in [6.45, 7) is 2.26. The van der Waals surface area contributed by atoms with Crippen LogP contribution >= 0.6 is 0 Å². The number of aromatic nitrogens is 6. The molecule has 9 nitrogen and oxygen atoms in total. The molecule has 0 aliphatic carbocycles. The van der Waals surface area contributed by atoms with Gasteiger partial charge >= 0.3 is 0 Å². The first-order chi connectivity index (χ1) is 19.5. The highest BCUT2D eigenvalue weighted by Crippen LogP contribution is 2.33. The standard InChI is InChI=1S/C30H22FN7O2/c1-16-20-10-9-18(14-22(20)36-35-16)27-26-29(32)33-15-34-30(26)38(37-27)12-11-24-25(17-5-4-6-19(31)13-17)28(39)21-7-2-3-8-23(21)40-24/h2-10,13-15H,11-12H2,1H3,(H,35,36)(H2,32,33,34). The van der Waals surface area contributed by atoms with Gasteiger partial charge in [-0.05, 0) is 42.8 Å². The number of fused-ring (bicyclic) bond motifs is 3. The summed E-state index contributed by atoms with van der Waals surface area (Å²) in [4.78, 5) is 22.2. The Morgan fingerprint density at radius 3 is 2.75 bits per heavy atom. The Morgan fingerprint density at radius 2 is 1.88 bits per heavy atom. The van der Waals surface area contributed by atoms with Crippen molar-refractivity contribution in [1.82, 2.24) is 29.9 Å². The molecular formula is C30H22FN7O2. The minimum Gasteiger partial charge on any atom is -0.460 e. The fourth-order valence-corrected chi connectivity index (χ4v) is 5.20. The number of aromatic amines is 1. The summed E-state index contributed by atoms with van der Waals surface area (Å²) in [7, 11) is 0. The van der Waals surface area contributed by atoms with Gasteiger partial charge in [0.1, 0.15) is 35.0 Å². The number of hydrogen-bond donors (Lipinski definition) is 2. The van der Waals surface area contributed by atoms with E-state index in [9.17, 15) is 9.18 Å². The summed E-state index contributed by atoms with van der Waals surface area (Å²) in [6, 6.07) is 18.9. The number of hydrogen-bond acceptors (Lipinski definition) is 7. The van der Waals surface area contributed by atoms with E-state index in [4.69, 9.17) is 15.2 Å². The summed E-state index contributed by atoms with van der Waals surface area (Å²) in [6.07, 6.45) is 1.69. The molecule has 40 heavy (non-hydrogen) atoms. The van der Waals surface area contributed by atoms with Gasteiger partial charge in [0.25, 0.3) is 0 Å². The Kier molecular flexibility index (Phi) is 5.41. The molecule has 0 fully saturated rings. The highest BCUT2D eigenvalue weighted by molar-refractivity contribution is 6.00. The van der Waals surface area contributed by atoms with Crippen molar-refractivity contribution in [2.24, 2.45) is 0 Å². The van der Waals surface area contributed by atoms with Gasteiger partial charge in [-0.1, -0.05) is 36.4 Å². The number of para-hydroxylation sites is 1. The smallest absolute Gasteiger partial charge is 0.200 e. The van der Waals surface area contributed by atoms with Crippen LogP contribution in [0.1, 0.15) is 11.5 Å². The predicted molar refractivity (Wildman–Crippen MR) is 151 cm³/mol. The molecule has 0 unspecified atom stereocenters. The van der Waals surface area contributed by atoms with Gasteiger partial charge in [0.15, 0.2) is 5.65 Å². The number of nitrogens with one attached hydrogen (secondary N) is 1. The van der Waals surface area contributed by atoms with Crippen LogP contribution in [0.2, 0.25) is 0 Å². The minimum absolute atomic E-state index is 0.219. The highest BCUT2D eigenvalue weighted by atomic mass is 19.1. The average molecular weight is 532 g/mol. The van der Waals surface area contributed by atoms with E-state index in [1.165, 1.54) is 18.5 Å². The molecule has 7 aromatic rings. The fraction of sp³-hybridized carbons (Fsp3) is 0.100. The topological polar surface area (TPSA) is 129 Å². The summed E-state index contributed by atoms with van der Waals surface area (Å²) >= 11 is 0. The second kappa shape index (κ2) is 9.12. The zero-order valence-electron chi connectivity index (χ0n) is 21.4. The number of nitrogen functional groups attached to an aromatic ring is 1. The molecule has 0 amide bonds. The van der Waals surface area contributed by atoms with Crippen LogP contribution in [0.3, 0.4) is 0 Å². The number of anilines is 1. The summed E-state index contributed by atoms with van der Waals surface area (Å²) in [5.74, 6) is 0.302. The summed E-state index contributed by atoms with van der Waals surface area (Å²) in [5.41, 5.74) is 11.1. The molecule has 0 saturated heterocycles. The third-order valence-corrected chi connectivity index (χ3v) is 7.12. The van der Waals surface area contributed by atoms with Gasteiger partial charge in [0.05, 0.1) is 34.1 Å². The van der Waals surface area contributed by atoms with Gasteiger partial charge in [-0.2, -0.15) is 10.2 Å². The lowest BCUT2D eigenvalue weighted by Crippen LogP contribution is -2.12. The lowest BCUT2D eigenvalue weighted by atomic mass is 10.0. The van der Waals surface area contributed by atoms with Crippen molar-refractivity contribution in [2.45, 2.75) is 19.9 Å². The number of nitrogens with two attached hydrogens (primary N) is 1. The Labute approximate surface area is 226 Å². The molecule has 196 valence electrons. The van der Waals surface area contributed by atoms with Crippen molar-refractivity contribution in [3.63, 3.8) is 0 Å². The van der Waals surface area contributed by atoms with Crippen LogP contribution in [0.4, 0.5) is 10.2 Å². The third kappa shape index (κ3) is 3.80. The molecule has 4 aromatic heterocycles. The first-order valence-corrected chi connectivity index (χ1v) is 12.7. The molecule has 4 heterocycles. The van der Waals surface area contributed by atoms with E-state index in [1.807, 2.05) is 31.2 Å². The van der Waals surface area contributed by atoms with E-state index in [1.54, 1.807) is 35.0 Å². The normalized spacial score (nSPS) is 11.7. The fourth-order valence-electron chi connectivity index (χ4n) is 5.20. The van der Waals surface area contributed by atoms with Crippen LogP contribution in [0, 0.1) is 12.7 Å². The van der Waals surface area contributed by atoms with Crippen LogP contribution in [0.5, 0.6) is 0 Å². The van der Waals surface area contributed by atoms with E-state index in [-0.39, 0.29) is 5.43 Å². The van der Waals surface area contributed by atoms with Crippen molar-refractivity contribution in [2.75, 3.05) is 5.73 Å². The molecule has 0 radical (unpaired) electrons. The predicted octanol–water partition coefficient (Wildman–Crippen LogP) is 5.42. The number of H-pyrrole nitrogens is 1. The molecule has 7 rings (SSSR count). The van der Waals surface area contributed by atoms with E-state index in [0.717, 1.165) is 22.2 Å². The molecule has 10 heteroatoms. The van der Waals surface area contributed by atoms with Gasteiger partial charge in [0, 0.05) is 17.4 Å². The summed E-state index contributed by atoms with van der Waals surface area (Å²) in [5, 5.41) is 14.3. The quantitative estimate of drug-likeness (QED) is 0.304. The SMILES string of the molecule is Cc1n[nH]c2cc(-c3nn(CCc4oc5ccccc5c(=O)c4-c4cccc(F)c4)c4ncnc(N)c34)ccc12. The lowest BCUT2D eigenvalue weighted by molar-refractivity contribution is 0.504. The van der Waals surface area contributed by atoms with Gasteiger partial charge in [-0.3, -0.25) is 9.89 Å². The second-order valence-electron chi connectivity index (χ2n) is 9.58. The third-order valence-electron chi connectivity index (χ3n) is 7.12. The van der Waals surface area contributed by atoms with Crippen LogP contribution in [0.15, 0.2) is 82.3 Å². The molecule has 0 saturated carbocycles. The number of rotatable bonds is 5. The first-order valence-electron chi connectivity index (χ1n) is 12.7. The van der Waals surface area contributed by atoms with Crippen molar-refractivity contribution in [3.05, 3.63) is 101 Å². The van der Waals surface area contributed by atoms with Gasteiger partial charge in [-0.25, -0.2) is 19.0 Å². The lowest BCUT2D eigenvalue weighted by Gasteiger charge is -2.11. The number of benzene rings is 3. The maximum absolute atomic E-state index is 14.2. The van der Waals surface area contributed by atoms with E-state index in [0.29, 0.717) is 63.4 Å². The van der Waals surface area contributed by atoms with E-state index in [2.05, 4.69) is 20.2 Å². The minimum atomic E-state index is -0.435. The maximum atomic E-state index is 14.2. The van der Waals surface area contributed by atoms with Crippen molar-refractivity contribution in [1.29, 1.82) is 0 Å². The molecule has 0 spiro atoms. The molecule has 0 aliphatic heterocycles. The summed E-state index contributed by atoms with van der Waals surface area (Å²) < 4.78 is 22.1. The van der Waals surface area contributed by atoms with Gasteiger partial charge in [-0.15, -0.1) is 0 Å². The number of nitrogens with zero attached hydrogens (tertiary/aromatic N) is 5. The van der Waals surface area contributed by atoms with Crippen molar-refractivity contribution < 1.29 is 8.81 Å². The largest absolute Gasteiger partial charge is 0.460 e. The maximum Gasteiger partial charge on any atom is 0.200 e. The zero-order chi connectivity index (χ0) is 27.4. The molecule has 3 aromatic carbocycles. The van der Waals surface area contributed by atoms with Crippen LogP contribution < -0.4 is 11.2 Å². The molecular weight excluding hydrogens is 509 g/mol. The van der Waals surface area contributed by atoms with Crippen molar-refractivity contribution in [3.8, 4) is 22.4 Å².